The normalized spacial score (nSPS) is 21.6. The first-order valence-electron chi connectivity index (χ1n) is 4.47. The number of benzene rings is 1. The van der Waals surface area contributed by atoms with Crippen molar-refractivity contribution in [3.05, 3.63) is 24.3 Å². The molecule has 1 saturated heterocycles. The largest absolute Gasteiger partial charge is 0.508 e. The van der Waals surface area contributed by atoms with Crippen molar-refractivity contribution in [1.29, 1.82) is 0 Å². The lowest BCUT2D eigenvalue weighted by Gasteiger charge is -2.20. The molecule has 2 rings (SSSR count). The molecule has 1 aromatic carbocycles. The molecule has 1 atom stereocenters. The van der Waals surface area contributed by atoms with Crippen molar-refractivity contribution in [2.75, 3.05) is 4.90 Å². The highest BCUT2D eigenvalue weighted by molar-refractivity contribution is 5.95. The Morgan fingerprint density at radius 1 is 1.29 bits per heavy atom. The first-order valence-corrected chi connectivity index (χ1v) is 4.47. The van der Waals surface area contributed by atoms with Gasteiger partial charge in [0.05, 0.1) is 0 Å². The Bertz CT molecular complexity index is 347. The molecule has 1 amide bonds. The molecule has 2 N–H and O–H groups in total. The molecule has 1 aliphatic heterocycles. The summed E-state index contributed by atoms with van der Waals surface area (Å²) in [4.78, 5) is 12.7. The second-order valence-electron chi connectivity index (χ2n) is 3.30. The van der Waals surface area contributed by atoms with Crippen LogP contribution in [0.2, 0.25) is 0 Å². The molecule has 4 nitrogen and oxygen atoms in total. The molecule has 1 unspecified atom stereocenters. The Morgan fingerprint density at radius 2 is 1.93 bits per heavy atom. The van der Waals surface area contributed by atoms with Crippen molar-refractivity contribution >= 4 is 11.6 Å². The van der Waals surface area contributed by atoms with Crippen LogP contribution in [-0.2, 0) is 4.79 Å². The Balaban J connectivity index is 2.30. The van der Waals surface area contributed by atoms with Crippen LogP contribution in [0.4, 0.5) is 5.69 Å². The van der Waals surface area contributed by atoms with Crippen LogP contribution in [0.3, 0.4) is 0 Å². The number of aromatic hydroxyl groups is 1. The maximum atomic E-state index is 11.4. The van der Waals surface area contributed by atoms with Crippen LogP contribution in [0.5, 0.6) is 5.75 Å². The van der Waals surface area contributed by atoms with Crippen LogP contribution >= 0.6 is 0 Å². The lowest BCUT2D eigenvalue weighted by Crippen LogP contribution is -2.32. The summed E-state index contributed by atoms with van der Waals surface area (Å²) in [6.45, 7) is 0. The fourth-order valence-electron chi connectivity index (χ4n) is 1.60. The zero-order valence-corrected chi connectivity index (χ0v) is 7.55. The zero-order valence-electron chi connectivity index (χ0n) is 7.55. The Labute approximate surface area is 81.4 Å². The summed E-state index contributed by atoms with van der Waals surface area (Å²) in [6, 6.07) is 6.21. The molecular weight excluding hydrogens is 182 g/mol. The minimum absolute atomic E-state index is 0.0804. The van der Waals surface area contributed by atoms with Gasteiger partial charge in [-0.05, 0) is 24.3 Å². The van der Waals surface area contributed by atoms with Gasteiger partial charge in [-0.1, -0.05) is 0 Å². The summed E-state index contributed by atoms with van der Waals surface area (Å²) in [5.41, 5.74) is 0.623. The summed E-state index contributed by atoms with van der Waals surface area (Å²) >= 11 is 0. The number of hydrogen-bond acceptors (Lipinski definition) is 3. The number of phenolic OH excluding ortho intramolecular Hbond substituents is 1. The average molecular weight is 193 g/mol. The Morgan fingerprint density at radius 3 is 2.43 bits per heavy atom. The van der Waals surface area contributed by atoms with E-state index in [0.717, 1.165) is 0 Å². The highest BCUT2D eigenvalue weighted by atomic mass is 16.3. The molecule has 0 spiro atoms. The van der Waals surface area contributed by atoms with Crippen molar-refractivity contribution in [2.45, 2.75) is 19.1 Å². The predicted octanol–water partition coefficient (Wildman–Crippen LogP) is 0.837. The number of carbonyl (C=O) groups excluding carboxylic acids is 1. The summed E-state index contributed by atoms with van der Waals surface area (Å²) in [5.74, 6) is 0.0677. The first-order chi connectivity index (χ1) is 6.68. The van der Waals surface area contributed by atoms with Crippen molar-refractivity contribution in [3.63, 3.8) is 0 Å². The van der Waals surface area contributed by atoms with E-state index in [1.54, 1.807) is 12.1 Å². The van der Waals surface area contributed by atoms with E-state index in [2.05, 4.69) is 0 Å². The monoisotopic (exact) mass is 193 g/mol. The van der Waals surface area contributed by atoms with Gasteiger partial charge in [0.25, 0.3) is 0 Å². The summed E-state index contributed by atoms with van der Waals surface area (Å²) in [7, 11) is 0. The molecule has 14 heavy (non-hydrogen) atoms. The molecule has 0 aromatic heterocycles. The standard InChI is InChI=1S/C10H11NO3/c12-8-3-1-7(2-4-8)11-9(13)5-6-10(11)14/h1-4,9,12-13H,5-6H2. The fraction of sp³-hybridized carbons (Fsp3) is 0.300. The van der Waals surface area contributed by atoms with Crippen LogP contribution < -0.4 is 4.90 Å². The highest BCUT2D eigenvalue weighted by Crippen LogP contribution is 2.26. The smallest absolute Gasteiger partial charge is 0.229 e. The van der Waals surface area contributed by atoms with Gasteiger partial charge >= 0.3 is 0 Å². The summed E-state index contributed by atoms with van der Waals surface area (Å²) in [5, 5.41) is 18.6. The molecular formula is C10H11NO3. The van der Waals surface area contributed by atoms with E-state index in [4.69, 9.17) is 5.11 Å². The van der Waals surface area contributed by atoms with Crippen LogP contribution in [0.25, 0.3) is 0 Å². The minimum Gasteiger partial charge on any atom is -0.508 e. The molecule has 74 valence electrons. The maximum absolute atomic E-state index is 11.4. The van der Waals surface area contributed by atoms with Gasteiger partial charge in [-0.2, -0.15) is 0 Å². The molecule has 0 saturated carbocycles. The van der Waals surface area contributed by atoms with Gasteiger partial charge in [0.1, 0.15) is 12.0 Å². The van der Waals surface area contributed by atoms with Gasteiger partial charge in [0.15, 0.2) is 0 Å². The lowest BCUT2D eigenvalue weighted by atomic mass is 10.3. The van der Waals surface area contributed by atoms with Crippen molar-refractivity contribution in [1.82, 2.24) is 0 Å². The Kier molecular flexibility index (Phi) is 2.13. The van der Waals surface area contributed by atoms with E-state index in [-0.39, 0.29) is 11.7 Å². The van der Waals surface area contributed by atoms with Crippen LogP contribution in [0.15, 0.2) is 24.3 Å². The first kappa shape index (κ1) is 9.02. The van der Waals surface area contributed by atoms with E-state index in [1.807, 2.05) is 0 Å². The van der Waals surface area contributed by atoms with Crippen molar-refractivity contribution in [2.24, 2.45) is 0 Å². The third kappa shape index (κ3) is 1.44. The molecule has 0 aliphatic carbocycles. The van der Waals surface area contributed by atoms with Gasteiger partial charge in [-0.25, -0.2) is 0 Å². The van der Waals surface area contributed by atoms with E-state index >= 15 is 0 Å². The van der Waals surface area contributed by atoms with Gasteiger partial charge in [0.2, 0.25) is 5.91 Å². The van der Waals surface area contributed by atoms with Gasteiger partial charge in [-0.15, -0.1) is 0 Å². The van der Waals surface area contributed by atoms with Gasteiger partial charge in [0, 0.05) is 18.5 Å². The molecule has 1 fully saturated rings. The van der Waals surface area contributed by atoms with E-state index in [1.165, 1.54) is 17.0 Å². The number of rotatable bonds is 1. The number of aliphatic hydroxyl groups is 1. The highest BCUT2D eigenvalue weighted by Gasteiger charge is 2.30. The van der Waals surface area contributed by atoms with Gasteiger partial charge in [-0.3, -0.25) is 9.69 Å². The number of amides is 1. The lowest BCUT2D eigenvalue weighted by molar-refractivity contribution is -0.117. The number of carbonyl (C=O) groups is 1. The average Bonchev–Trinajstić information content (AvgIpc) is 2.49. The number of hydrogen-bond donors (Lipinski definition) is 2. The maximum Gasteiger partial charge on any atom is 0.229 e. The van der Waals surface area contributed by atoms with Crippen LogP contribution in [0.1, 0.15) is 12.8 Å². The summed E-state index contributed by atoms with van der Waals surface area (Å²) < 4.78 is 0. The van der Waals surface area contributed by atoms with Crippen LogP contribution in [0, 0.1) is 0 Å². The fourth-order valence-corrected chi connectivity index (χ4v) is 1.60. The molecule has 1 heterocycles. The SMILES string of the molecule is O=C1CCC(O)N1c1ccc(O)cc1. The predicted molar refractivity (Wildman–Crippen MR) is 50.8 cm³/mol. The molecule has 0 bridgehead atoms. The zero-order chi connectivity index (χ0) is 10.1. The number of nitrogens with zero attached hydrogens (tertiary/aromatic N) is 1. The minimum atomic E-state index is -0.730. The van der Waals surface area contributed by atoms with Crippen molar-refractivity contribution < 1.29 is 15.0 Å². The number of aliphatic hydroxyl groups excluding tert-OH is 1. The topological polar surface area (TPSA) is 60.8 Å². The third-order valence-corrected chi connectivity index (χ3v) is 2.31. The second-order valence-corrected chi connectivity index (χ2v) is 3.30. The van der Waals surface area contributed by atoms with Crippen LogP contribution in [-0.4, -0.2) is 22.3 Å². The third-order valence-electron chi connectivity index (χ3n) is 2.31. The van der Waals surface area contributed by atoms with Crippen molar-refractivity contribution in [3.8, 4) is 5.75 Å². The molecule has 0 radical (unpaired) electrons. The van der Waals surface area contributed by atoms with E-state index in [9.17, 15) is 9.90 Å². The van der Waals surface area contributed by atoms with E-state index in [0.29, 0.717) is 18.5 Å². The molecule has 1 aromatic rings. The van der Waals surface area contributed by atoms with Gasteiger partial charge < -0.3 is 10.2 Å². The number of anilines is 1. The van der Waals surface area contributed by atoms with E-state index < -0.39 is 6.23 Å². The second kappa shape index (κ2) is 3.31. The summed E-state index contributed by atoms with van der Waals surface area (Å²) in [6.07, 6.45) is 0.119. The Hall–Kier alpha value is -1.55. The quantitative estimate of drug-likeness (QED) is 0.694. The molecule has 1 aliphatic rings. The molecule has 4 heteroatoms. The number of phenols is 1.